The summed E-state index contributed by atoms with van der Waals surface area (Å²) in [5.41, 5.74) is 0.0849. The molecule has 0 amide bonds. The molecule has 0 atom stereocenters. The second-order valence-electron chi connectivity index (χ2n) is 5.06. The van der Waals surface area contributed by atoms with Gasteiger partial charge in [0.1, 0.15) is 5.75 Å². The van der Waals surface area contributed by atoms with Crippen molar-refractivity contribution in [2.75, 3.05) is 0 Å². The lowest BCUT2D eigenvalue weighted by atomic mass is 9.98. The normalized spacial score (nSPS) is 11.6. The lowest BCUT2D eigenvalue weighted by Gasteiger charge is -2.11. The zero-order valence-electron chi connectivity index (χ0n) is 11.9. The Balaban J connectivity index is 2.33. The SMILES string of the molecule is O=S(=O)=c1ccc2c(-c3cccc(C(F)(F)F)c3)ccc(O)c2[nH]1. The van der Waals surface area contributed by atoms with Gasteiger partial charge in [0.15, 0.2) is 4.64 Å². The summed E-state index contributed by atoms with van der Waals surface area (Å²) in [6, 6.07) is 10.3. The number of aromatic amines is 1. The quantitative estimate of drug-likeness (QED) is 0.651. The first-order valence-electron chi connectivity index (χ1n) is 6.72. The molecule has 0 aliphatic carbocycles. The number of hydrogen-bond donors (Lipinski definition) is 2. The molecule has 0 radical (unpaired) electrons. The van der Waals surface area contributed by atoms with E-state index in [-0.39, 0.29) is 15.9 Å². The highest BCUT2D eigenvalue weighted by molar-refractivity contribution is 7.63. The van der Waals surface area contributed by atoms with Crippen LogP contribution >= 0.6 is 0 Å². The monoisotopic (exact) mass is 353 g/mol. The van der Waals surface area contributed by atoms with Crippen molar-refractivity contribution in [3.8, 4) is 16.9 Å². The molecule has 2 aromatic carbocycles. The molecule has 2 N–H and O–H groups in total. The summed E-state index contributed by atoms with van der Waals surface area (Å²) in [6.07, 6.45) is -4.47. The Kier molecular flexibility index (Phi) is 3.84. The van der Waals surface area contributed by atoms with E-state index < -0.39 is 22.0 Å². The fourth-order valence-electron chi connectivity index (χ4n) is 2.45. The Morgan fingerprint density at radius 2 is 1.75 bits per heavy atom. The summed E-state index contributed by atoms with van der Waals surface area (Å²) in [6.45, 7) is 0. The predicted octanol–water partition coefficient (Wildman–Crippen LogP) is 3.97. The maximum Gasteiger partial charge on any atom is 0.416 e. The third-order valence-corrected chi connectivity index (χ3v) is 4.15. The van der Waals surface area contributed by atoms with Crippen LogP contribution in [0.3, 0.4) is 0 Å². The van der Waals surface area contributed by atoms with Crippen LogP contribution in [0, 0.1) is 4.64 Å². The second-order valence-corrected chi connectivity index (χ2v) is 5.97. The van der Waals surface area contributed by atoms with Gasteiger partial charge < -0.3 is 10.1 Å². The molecule has 1 heterocycles. The largest absolute Gasteiger partial charge is 0.506 e. The average molecular weight is 353 g/mol. The number of hydrogen-bond acceptors (Lipinski definition) is 3. The van der Waals surface area contributed by atoms with Crippen molar-refractivity contribution in [1.29, 1.82) is 0 Å². The molecule has 0 spiro atoms. The van der Waals surface area contributed by atoms with Crippen LogP contribution in [0.5, 0.6) is 5.75 Å². The van der Waals surface area contributed by atoms with E-state index in [9.17, 15) is 26.7 Å². The molecule has 0 bridgehead atoms. The van der Waals surface area contributed by atoms with Gasteiger partial charge in [0, 0.05) is 5.39 Å². The van der Waals surface area contributed by atoms with Crippen LogP contribution in [0.4, 0.5) is 13.2 Å². The van der Waals surface area contributed by atoms with Crippen LogP contribution < -0.4 is 0 Å². The maximum atomic E-state index is 12.9. The molecule has 8 heteroatoms. The van der Waals surface area contributed by atoms with E-state index >= 15 is 0 Å². The van der Waals surface area contributed by atoms with Gasteiger partial charge in [-0.1, -0.05) is 12.1 Å². The first kappa shape index (κ1) is 16.1. The molecular formula is C16H10F3NO3S. The maximum absolute atomic E-state index is 12.9. The lowest BCUT2D eigenvalue weighted by molar-refractivity contribution is -0.137. The number of aromatic hydroxyl groups is 1. The molecule has 0 fully saturated rings. The van der Waals surface area contributed by atoms with E-state index in [0.717, 1.165) is 12.1 Å². The number of H-pyrrole nitrogens is 1. The fraction of sp³-hybridized carbons (Fsp3) is 0.0625. The van der Waals surface area contributed by atoms with Gasteiger partial charge >= 0.3 is 6.18 Å². The van der Waals surface area contributed by atoms with Crippen molar-refractivity contribution < 1.29 is 26.7 Å². The van der Waals surface area contributed by atoms with Gasteiger partial charge in [-0.2, -0.15) is 21.6 Å². The van der Waals surface area contributed by atoms with Gasteiger partial charge in [-0.15, -0.1) is 0 Å². The summed E-state index contributed by atoms with van der Waals surface area (Å²) in [5, 5.41) is 10.3. The molecule has 0 saturated heterocycles. The van der Waals surface area contributed by atoms with Crippen molar-refractivity contribution in [1.82, 2.24) is 4.98 Å². The number of fused-ring (bicyclic) bond motifs is 1. The molecule has 3 rings (SSSR count). The zero-order chi connectivity index (χ0) is 17.5. The summed E-state index contributed by atoms with van der Waals surface area (Å²) in [4.78, 5) is 2.56. The van der Waals surface area contributed by atoms with E-state index in [1.54, 1.807) is 0 Å². The smallest absolute Gasteiger partial charge is 0.416 e. The number of rotatable bonds is 1. The number of aromatic nitrogens is 1. The number of pyridine rings is 1. The van der Waals surface area contributed by atoms with Crippen molar-refractivity contribution >= 4 is 21.2 Å². The number of phenolic OH excluding ortho intramolecular Hbond substituents is 1. The Labute approximate surface area is 135 Å². The molecule has 3 aromatic rings. The highest BCUT2D eigenvalue weighted by Gasteiger charge is 2.30. The van der Waals surface area contributed by atoms with Crippen LogP contribution in [0.15, 0.2) is 48.5 Å². The number of benzene rings is 2. The summed E-state index contributed by atoms with van der Waals surface area (Å²) < 4.78 is 60.6. The van der Waals surface area contributed by atoms with E-state index in [0.29, 0.717) is 16.5 Å². The van der Waals surface area contributed by atoms with Gasteiger partial charge in [-0.05, 0) is 47.5 Å². The topological polar surface area (TPSA) is 70.2 Å². The Morgan fingerprint density at radius 3 is 2.42 bits per heavy atom. The first-order valence-corrected chi connectivity index (χ1v) is 7.80. The van der Waals surface area contributed by atoms with Gasteiger partial charge in [0.2, 0.25) is 10.3 Å². The van der Waals surface area contributed by atoms with Crippen molar-refractivity contribution in [3.05, 3.63) is 58.7 Å². The Bertz CT molecular complexity index is 1110. The Morgan fingerprint density at radius 1 is 1.00 bits per heavy atom. The van der Waals surface area contributed by atoms with Crippen molar-refractivity contribution in [2.24, 2.45) is 0 Å². The lowest BCUT2D eigenvalue weighted by Crippen LogP contribution is -2.04. The molecule has 0 aliphatic rings. The third kappa shape index (κ3) is 2.88. The van der Waals surface area contributed by atoms with Crippen LogP contribution in [-0.4, -0.2) is 18.5 Å². The third-order valence-electron chi connectivity index (χ3n) is 3.55. The molecule has 0 saturated carbocycles. The minimum atomic E-state index is -4.47. The van der Waals surface area contributed by atoms with E-state index in [1.165, 1.54) is 36.4 Å². The van der Waals surface area contributed by atoms with E-state index in [1.807, 2.05) is 0 Å². The molecular weight excluding hydrogens is 343 g/mol. The molecule has 0 unspecified atom stereocenters. The Hall–Kier alpha value is -2.74. The summed E-state index contributed by atoms with van der Waals surface area (Å²) in [5.74, 6) is -0.201. The van der Waals surface area contributed by atoms with Crippen LogP contribution in [0.25, 0.3) is 22.0 Å². The van der Waals surface area contributed by atoms with Crippen LogP contribution in [0.1, 0.15) is 5.56 Å². The average Bonchev–Trinajstić information content (AvgIpc) is 2.54. The van der Waals surface area contributed by atoms with Gasteiger partial charge in [-0.25, -0.2) is 0 Å². The van der Waals surface area contributed by atoms with E-state index in [4.69, 9.17) is 0 Å². The minimum absolute atomic E-state index is 0.131. The molecule has 1 aromatic heterocycles. The van der Waals surface area contributed by atoms with Crippen molar-refractivity contribution in [2.45, 2.75) is 6.18 Å². The highest BCUT2D eigenvalue weighted by atomic mass is 32.2. The molecule has 24 heavy (non-hydrogen) atoms. The number of nitrogens with one attached hydrogen (secondary N) is 1. The number of alkyl halides is 3. The number of phenols is 1. The van der Waals surface area contributed by atoms with Gasteiger partial charge in [0.05, 0.1) is 11.1 Å². The molecule has 0 aliphatic heterocycles. The van der Waals surface area contributed by atoms with Crippen LogP contribution in [0.2, 0.25) is 0 Å². The van der Waals surface area contributed by atoms with E-state index in [2.05, 4.69) is 4.98 Å². The number of halogens is 3. The van der Waals surface area contributed by atoms with Gasteiger partial charge in [-0.3, -0.25) is 0 Å². The standard InChI is InChI=1S/C16H10F3NO3S/c17-16(18,19)10-3-1-2-9(8-10)11-4-6-13(21)15-12(11)5-7-14(20-15)24(22)23/h1-8,20-21H. The van der Waals surface area contributed by atoms with Crippen LogP contribution in [-0.2, 0) is 16.5 Å². The molecule has 124 valence electrons. The van der Waals surface area contributed by atoms with Gasteiger partial charge in [0.25, 0.3) is 0 Å². The molecule has 4 nitrogen and oxygen atoms in total. The fourth-order valence-corrected chi connectivity index (χ4v) is 2.81. The highest BCUT2D eigenvalue weighted by Crippen LogP contribution is 2.36. The summed E-state index contributed by atoms with van der Waals surface area (Å²) in [7, 11) is -2.53. The zero-order valence-corrected chi connectivity index (χ0v) is 12.7. The minimum Gasteiger partial charge on any atom is -0.506 e. The predicted molar refractivity (Wildman–Crippen MR) is 82.6 cm³/mol. The second kappa shape index (κ2) is 5.72. The summed E-state index contributed by atoms with van der Waals surface area (Å²) >= 11 is 0. The van der Waals surface area contributed by atoms with Crippen molar-refractivity contribution in [3.63, 3.8) is 0 Å². The first-order chi connectivity index (χ1) is 11.3.